The summed E-state index contributed by atoms with van der Waals surface area (Å²) in [5.74, 6) is 0.961. The average Bonchev–Trinajstić information content (AvgIpc) is 3.07. The third kappa shape index (κ3) is 3.20. The molecule has 1 saturated carbocycles. The number of hydrogen-bond donors (Lipinski definition) is 2. The molecular formula is C15H25N5O. The van der Waals surface area contributed by atoms with Gasteiger partial charge in [-0.05, 0) is 38.7 Å². The van der Waals surface area contributed by atoms with E-state index in [0.717, 1.165) is 25.3 Å². The SMILES string of the molecule is CCn1nccc1[C@@H]1OCC[C@H]1CN=C(N)NC1CCC1. The van der Waals surface area contributed by atoms with Crippen molar-refractivity contribution in [2.75, 3.05) is 13.2 Å². The highest BCUT2D eigenvalue weighted by Gasteiger charge is 2.31. The first-order valence-corrected chi connectivity index (χ1v) is 7.97. The van der Waals surface area contributed by atoms with Crippen LogP contribution in [0.4, 0.5) is 0 Å². The molecule has 0 unspecified atom stereocenters. The molecule has 2 fully saturated rings. The number of nitrogens with zero attached hydrogens (tertiary/aromatic N) is 3. The smallest absolute Gasteiger partial charge is 0.188 e. The van der Waals surface area contributed by atoms with Crippen molar-refractivity contribution in [3.8, 4) is 0 Å². The summed E-state index contributed by atoms with van der Waals surface area (Å²) in [6.45, 7) is 4.46. The number of aliphatic imine (C=N–C) groups is 1. The molecule has 0 bridgehead atoms. The van der Waals surface area contributed by atoms with Gasteiger partial charge in [0.25, 0.3) is 0 Å². The van der Waals surface area contributed by atoms with Crippen LogP contribution in [0.15, 0.2) is 17.3 Å². The van der Waals surface area contributed by atoms with E-state index in [0.29, 0.717) is 24.5 Å². The highest BCUT2D eigenvalue weighted by atomic mass is 16.5. The molecule has 2 aliphatic rings. The number of nitrogens with one attached hydrogen (secondary N) is 1. The van der Waals surface area contributed by atoms with Crippen molar-refractivity contribution in [2.24, 2.45) is 16.6 Å². The maximum atomic E-state index is 5.96. The van der Waals surface area contributed by atoms with Crippen molar-refractivity contribution < 1.29 is 4.74 Å². The molecule has 0 spiro atoms. The predicted octanol–water partition coefficient (Wildman–Crippen LogP) is 1.44. The van der Waals surface area contributed by atoms with E-state index in [1.807, 2.05) is 16.9 Å². The van der Waals surface area contributed by atoms with Crippen LogP contribution in [-0.2, 0) is 11.3 Å². The van der Waals surface area contributed by atoms with Gasteiger partial charge in [-0.1, -0.05) is 0 Å². The first kappa shape index (κ1) is 14.4. The highest BCUT2D eigenvalue weighted by molar-refractivity contribution is 5.78. The van der Waals surface area contributed by atoms with Crippen molar-refractivity contribution in [3.63, 3.8) is 0 Å². The minimum absolute atomic E-state index is 0.0905. The largest absolute Gasteiger partial charge is 0.372 e. The Balaban J connectivity index is 1.60. The maximum absolute atomic E-state index is 5.96. The lowest BCUT2D eigenvalue weighted by atomic mass is 9.93. The Bertz CT molecular complexity index is 494. The van der Waals surface area contributed by atoms with E-state index >= 15 is 0 Å². The number of hydrogen-bond acceptors (Lipinski definition) is 3. The molecule has 6 heteroatoms. The van der Waals surface area contributed by atoms with Crippen LogP contribution in [0.2, 0.25) is 0 Å². The first-order valence-electron chi connectivity index (χ1n) is 7.97. The Labute approximate surface area is 125 Å². The molecule has 1 aromatic rings. The lowest BCUT2D eigenvalue weighted by molar-refractivity contribution is 0.0850. The van der Waals surface area contributed by atoms with E-state index in [2.05, 4.69) is 22.3 Å². The predicted molar refractivity (Wildman–Crippen MR) is 82.0 cm³/mol. The van der Waals surface area contributed by atoms with Gasteiger partial charge in [-0.15, -0.1) is 0 Å². The van der Waals surface area contributed by atoms with E-state index in [4.69, 9.17) is 10.5 Å². The zero-order valence-electron chi connectivity index (χ0n) is 12.7. The van der Waals surface area contributed by atoms with E-state index in [1.165, 1.54) is 19.3 Å². The molecule has 2 heterocycles. The normalized spacial score (nSPS) is 26.8. The standard InChI is InChI=1S/C15H25N5O/c1-2-20-13(6-8-18-20)14-11(7-9-21-14)10-17-15(16)19-12-4-3-5-12/h6,8,11-12,14H,2-5,7,9-10H2,1H3,(H3,16,17,19)/t11-,14+/m0/s1. The molecule has 6 nitrogen and oxygen atoms in total. The van der Waals surface area contributed by atoms with Crippen LogP contribution in [0, 0.1) is 5.92 Å². The highest BCUT2D eigenvalue weighted by Crippen LogP contribution is 2.34. The Kier molecular flexibility index (Phi) is 4.43. The van der Waals surface area contributed by atoms with Crippen molar-refractivity contribution >= 4 is 5.96 Å². The molecule has 3 N–H and O–H groups in total. The van der Waals surface area contributed by atoms with E-state index < -0.39 is 0 Å². The molecule has 3 rings (SSSR count). The maximum Gasteiger partial charge on any atom is 0.188 e. The lowest BCUT2D eigenvalue weighted by Crippen LogP contribution is -2.43. The fourth-order valence-electron chi connectivity index (χ4n) is 3.02. The van der Waals surface area contributed by atoms with Crippen molar-refractivity contribution in [3.05, 3.63) is 18.0 Å². The quantitative estimate of drug-likeness (QED) is 0.635. The molecule has 1 saturated heterocycles. The van der Waals surface area contributed by atoms with Crippen LogP contribution in [0.25, 0.3) is 0 Å². The molecule has 1 aliphatic carbocycles. The van der Waals surface area contributed by atoms with Gasteiger partial charge in [0, 0.05) is 37.9 Å². The van der Waals surface area contributed by atoms with Gasteiger partial charge in [0.1, 0.15) is 6.10 Å². The summed E-state index contributed by atoms with van der Waals surface area (Å²) < 4.78 is 7.91. The molecule has 1 aromatic heterocycles. The van der Waals surface area contributed by atoms with Crippen LogP contribution in [0.1, 0.15) is 44.4 Å². The van der Waals surface area contributed by atoms with Gasteiger partial charge in [-0.3, -0.25) is 9.67 Å². The van der Waals surface area contributed by atoms with Crippen LogP contribution in [0.5, 0.6) is 0 Å². The fourth-order valence-corrected chi connectivity index (χ4v) is 3.02. The Hall–Kier alpha value is -1.56. The molecule has 21 heavy (non-hydrogen) atoms. The number of rotatable bonds is 5. The zero-order chi connectivity index (χ0) is 14.7. The van der Waals surface area contributed by atoms with Gasteiger partial charge in [-0.25, -0.2) is 0 Å². The van der Waals surface area contributed by atoms with E-state index in [1.54, 1.807) is 0 Å². The number of ether oxygens (including phenoxy) is 1. The summed E-state index contributed by atoms with van der Waals surface area (Å²) in [5.41, 5.74) is 7.12. The zero-order valence-corrected chi connectivity index (χ0v) is 12.7. The molecule has 2 atom stereocenters. The lowest BCUT2D eigenvalue weighted by Gasteiger charge is -2.27. The second-order valence-corrected chi connectivity index (χ2v) is 5.91. The van der Waals surface area contributed by atoms with Crippen LogP contribution < -0.4 is 11.1 Å². The van der Waals surface area contributed by atoms with Gasteiger partial charge in [0.2, 0.25) is 0 Å². The van der Waals surface area contributed by atoms with Crippen LogP contribution in [-0.4, -0.2) is 34.9 Å². The number of guanidine groups is 1. The average molecular weight is 291 g/mol. The summed E-state index contributed by atoms with van der Waals surface area (Å²) in [7, 11) is 0. The van der Waals surface area contributed by atoms with Gasteiger partial charge in [-0.2, -0.15) is 5.10 Å². The summed E-state index contributed by atoms with van der Waals surface area (Å²) in [4.78, 5) is 4.52. The molecule has 0 aromatic carbocycles. The number of nitrogens with two attached hydrogens (primary N) is 1. The minimum atomic E-state index is 0.0905. The van der Waals surface area contributed by atoms with E-state index in [9.17, 15) is 0 Å². The monoisotopic (exact) mass is 291 g/mol. The number of aryl methyl sites for hydroxylation is 1. The van der Waals surface area contributed by atoms with Crippen molar-refractivity contribution in [1.29, 1.82) is 0 Å². The Morgan fingerprint density at radius 2 is 2.38 bits per heavy atom. The third-order valence-corrected chi connectivity index (χ3v) is 4.51. The molecule has 1 aliphatic heterocycles. The summed E-state index contributed by atoms with van der Waals surface area (Å²) in [6.07, 6.45) is 6.67. The summed E-state index contributed by atoms with van der Waals surface area (Å²) in [6, 6.07) is 2.58. The molecular weight excluding hydrogens is 266 g/mol. The van der Waals surface area contributed by atoms with Gasteiger partial charge in [0.05, 0.1) is 5.69 Å². The minimum Gasteiger partial charge on any atom is -0.372 e. The van der Waals surface area contributed by atoms with Crippen LogP contribution >= 0.6 is 0 Å². The van der Waals surface area contributed by atoms with Gasteiger partial charge >= 0.3 is 0 Å². The summed E-state index contributed by atoms with van der Waals surface area (Å²) >= 11 is 0. The second-order valence-electron chi connectivity index (χ2n) is 5.91. The first-order chi connectivity index (χ1) is 10.3. The van der Waals surface area contributed by atoms with Gasteiger partial charge in [0.15, 0.2) is 5.96 Å². The van der Waals surface area contributed by atoms with Gasteiger partial charge < -0.3 is 15.8 Å². The van der Waals surface area contributed by atoms with Crippen molar-refractivity contribution in [2.45, 2.75) is 51.3 Å². The fraction of sp³-hybridized carbons (Fsp3) is 0.733. The van der Waals surface area contributed by atoms with Crippen molar-refractivity contribution in [1.82, 2.24) is 15.1 Å². The number of aromatic nitrogens is 2. The Morgan fingerprint density at radius 1 is 1.52 bits per heavy atom. The second kappa shape index (κ2) is 6.47. The van der Waals surface area contributed by atoms with Crippen LogP contribution in [0.3, 0.4) is 0 Å². The van der Waals surface area contributed by atoms with E-state index in [-0.39, 0.29) is 6.10 Å². The molecule has 0 radical (unpaired) electrons. The third-order valence-electron chi connectivity index (χ3n) is 4.51. The summed E-state index contributed by atoms with van der Waals surface area (Å²) in [5, 5.41) is 7.61. The topological polar surface area (TPSA) is 77.5 Å². The molecule has 0 amide bonds. The Morgan fingerprint density at radius 3 is 3.10 bits per heavy atom. The molecule has 116 valence electrons.